The molecule has 0 amide bonds. The summed E-state index contributed by atoms with van der Waals surface area (Å²) in [6.45, 7) is 2.48. The zero-order valence-corrected chi connectivity index (χ0v) is 12.2. The molecule has 0 aliphatic rings. The van der Waals surface area contributed by atoms with E-state index in [1.165, 1.54) is 0 Å². The van der Waals surface area contributed by atoms with Gasteiger partial charge in [0.1, 0.15) is 10.7 Å². The van der Waals surface area contributed by atoms with Gasteiger partial charge in [0.25, 0.3) is 0 Å². The molecule has 0 aliphatic heterocycles. The summed E-state index contributed by atoms with van der Waals surface area (Å²) in [6.07, 6.45) is 0. The van der Waals surface area contributed by atoms with Gasteiger partial charge in [0, 0.05) is 18.4 Å². The molecule has 20 heavy (non-hydrogen) atoms. The summed E-state index contributed by atoms with van der Waals surface area (Å²) in [4.78, 5) is 5.76. The molecule has 3 aromatic rings. The van der Waals surface area contributed by atoms with Crippen molar-refractivity contribution in [1.82, 2.24) is 15.2 Å². The van der Waals surface area contributed by atoms with Crippen LogP contribution in [0.1, 0.15) is 11.4 Å². The zero-order chi connectivity index (χ0) is 13.9. The van der Waals surface area contributed by atoms with Crippen molar-refractivity contribution in [3.05, 3.63) is 47.8 Å². The van der Waals surface area contributed by atoms with Crippen LogP contribution in [0.3, 0.4) is 0 Å². The molecule has 0 spiro atoms. The van der Waals surface area contributed by atoms with E-state index in [1.807, 2.05) is 31.2 Å². The Morgan fingerprint density at radius 1 is 1.25 bits per heavy atom. The molecule has 0 unspecified atom stereocenters. The highest BCUT2D eigenvalue weighted by Gasteiger charge is 2.16. The lowest BCUT2D eigenvalue weighted by atomic mass is 10.2. The van der Waals surface area contributed by atoms with Gasteiger partial charge in [-0.2, -0.15) is 5.10 Å². The lowest BCUT2D eigenvalue weighted by Crippen LogP contribution is -1.90. The first kappa shape index (κ1) is 13.0. The summed E-state index contributed by atoms with van der Waals surface area (Å²) in [6, 6.07) is 12.2. The van der Waals surface area contributed by atoms with Gasteiger partial charge in [0.2, 0.25) is 0 Å². The summed E-state index contributed by atoms with van der Waals surface area (Å²) in [5.41, 5.74) is 4.02. The molecule has 102 valence electrons. The van der Waals surface area contributed by atoms with E-state index >= 15 is 0 Å². The van der Waals surface area contributed by atoms with E-state index in [9.17, 15) is 0 Å². The molecule has 2 aromatic heterocycles. The molecule has 2 heterocycles. The van der Waals surface area contributed by atoms with Crippen molar-refractivity contribution >= 4 is 11.3 Å². The van der Waals surface area contributed by atoms with E-state index in [4.69, 9.17) is 9.72 Å². The molecule has 5 heteroatoms. The van der Waals surface area contributed by atoms with E-state index in [0.717, 1.165) is 32.5 Å². The second kappa shape index (κ2) is 5.56. The Kier molecular flexibility index (Phi) is 3.62. The minimum absolute atomic E-state index is 0.491. The van der Waals surface area contributed by atoms with Crippen LogP contribution in [0.25, 0.3) is 21.1 Å². The number of hydrogen-bond donors (Lipinski definition) is 1. The maximum atomic E-state index is 5.25. The van der Waals surface area contributed by atoms with Gasteiger partial charge in [-0.1, -0.05) is 30.3 Å². The van der Waals surface area contributed by atoms with E-state index in [2.05, 4.69) is 22.3 Å². The molecule has 0 atom stereocenters. The average molecular weight is 285 g/mol. The predicted octanol–water partition coefficient (Wildman–Crippen LogP) is 3.66. The lowest BCUT2D eigenvalue weighted by molar-refractivity contribution is 0.182. The van der Waals surface area contributed by atoms with Crippen molar-refractivity contribution in [2.75, 3.05) is 7.11 Å². The topological polar surface area (TPSA) is 50.8 Å². The third kappa shape index (κ3) is 2.50. The highest BCUT2D eigenvalue weighted by atomic mass is 32.1. The monoisotopic (exact) mass is 285 g/mol. The molecule has 0 fully saturated rings. The maximum Gasteiger partial charge on any atom is 0.124 e. The Balaban J connectivity index is 2.07. The third-order valence-electron chi connectivity index (χ3n) is 2.94. The van der Waals surface area contributed by atoms with Crippen LogP contribution in [0.4, 0.5) is 0 Å². The van der Waals surface area contributed by atoms with Crippen LogP contribution in [0.5, 0.6) is 0 Å². The van der Waals surface area contributed by atoms with Crippen LogP contribution in [-0.4, -0.2) is 22.3 Å². The molecule has 0 bridgehead atoms. The van der Waals surface area contributed by atoms with Crippen molar-refractivity contribution in [3.8, 4) is 21.1 Å². The van der Waals surface area contributed by atoms with Gasteiger partial charge >= 0.3 is 0 Å². The van der Waals surface area contributed by atoms with Crippen molar-refractivity contribution in [3.63, 3.8) is 0 Å². The Morgan fingerprint density at radius 2 is 2.05 bits per heavy atom. The number of thiazole rings is 1. The Hall–Kier alpha value is -1.98. The van der Waals surface area contributed by atoms with Crippen LogP contribution < -0.4 is 0 Å². The fourth-order valence-electron chi connectivity index (χ4n) is 2.02. The summed E-state index contributed by atoms with van der Waals surface area (Å²) >= 11 is 1.65. The molecule has 3 rings (SSSR count). The SMILES string of the molecule is COCc1nc(-c2ccccc2)sc1-c1cc(C)[nH]n1. The second-order valence-electron chi connectivity index (χ2n) is 4.53. The highest BCUT2D eigenvalue weighted by molar-refractivity contribution is 7.18. The normalized spacial score (nSPS) is 10.9. The third-order valence-corrected chi connectivity index (χ3v) is 4.11. The zero-order valence-electron chi connectivity index (χ0n) is 11.4. The lowest BCUT2D eigenvalue weighted by Gasteiger charge is -1.96. The van der Waals surface area contributed by atoms with Gasteiger partial charge in [0.05, 0.1) is 17.2 Å². The van der Waals surface area contributed by atoms with Crippen LogP contribution in [0.2, 0.25) is 0 Å². The van der Waals surface area contributed by atoms with Crippen LogP contribution in [0, 0.1) is 6.92 Å². The van der Waals surface area contributed by atoms with Crippen molar-refractivity contribution < 1.29 is 4.74 Å². The number of H-pyrrole nitrogens is 1. The van der Waals surface area contributed by atoms with E-state index in [1.54, 1.807) is 18.4 Å². The van der Waals surface area contributed by atoms with Gasteiger partial charge in [-0.15, -0.1) is 11.3 Å². The molecule has 1 aromatic carbocycles. The quantitative estimate of drug-likeness (QED) is 0.796. The molecular formula is C15H15N3OS. The summed E-state index contributed by atoms with van der Waals surface area (Å²) in [5.74, 6) is 0. The predicted molar refractivity (Wildman–Crippen MR) is 80.6 cm³/mol. The molecule has 4 nitrogen and oxygen atoms in total. The van der Waals surface area contributed by atoms with Crippen molar-refractivity contribution in [2.45, 2.75) is 13.5 Å². The molecule has 0 saturated carbocycles. The van der Waals surface area contributed by atoms with E-state index < -0.39 is 0 Å². The number of hydrogen-bond acceptors (Lipinski definition) is 4. The fraction of sp³-hybridized carbons (Fsp3) is 0.200. The van der Waals surface area contributed by atoms with Gasteiger partial charge in [-0.3, -0.25) is 5.10 Å². The first-order chi connectivity index (χ1) is 9.78. The first-order valence-corrected chi connectivity index (χ1v) is 7.16. The Labute approximate surface area is 121 Å². The molecular weight excluding hydrogens is 270 g/mol. The number of nitrogens with one attached hydrogen (secondary N) is 1. The van der Waals surface area contributed by atoms with Gasteiger partial charge in [0.15, 0.2) is 0 Å². The minimum Gasteiger partial charge on any atom is -0.378 e. The van der Waals surface area contributed by atoms with Gasteiger partial charge in [-0.25, -0.2) is 4.98 Å². The van der Waals surface area contributed by atoms with Gasteiger partial charge < -0.3 is 4.74 Å². The first-order valence-electron chi connectivity index (χ1n) is 6.34. The van der Waals surface area contributed by atoms with Crippen molar-refractivity contribution in [2.24, 2.45) is 0 Å². The number of rotatable bonds is 4. The van der Waals surface area contributed by atoms with Crippen molar-refractivity contribution in [1.29, 1.82) is 0 Å². The number of aryl methyl sites for hydroxylation is 1. The van der Waals surface area contributed by atoms with Crippen LogP contribution in [-0.2, 0) is 11.3 Å². The maximum absolute atomic E-state index is 5.25. The minimum atomic E-state index is 0.491. The number of methoxy groups -OCH3 is 1. The molecule has 0 saturated heterocycles. The summed E-state index contributed by atoms with van der Waals surface area (Å²) in [7, 11) is 1.68. The highest BCUT2D eigenvalue weighted by Crippen LogP contribution is 2.35. The largest absolute Gasteiger partial charge is 0.378 e. The molecule has 0 aliphatic carbocycles. The smallest absolute Gasteiger partial charge is 0.124 e. The van der Waals surface area contributed by atoms with E-state index in [0.29, 0.717) is 6.61 Å². The number of aromatic amines is 1. The molecule has 0 radical (unpaired) electrons. The Morgan fingerprint density at radius 3 is 2.70 bits per heavy atom. The number of aromatic nitrogens is 3. The fourth-order valence-corrected chi connectivity index (χ4v) is 3.06. The number of nitrogens with zero attached hydrogens (tertiary/aromatic N) is 2. The van der Waals surface area contributed by atoms with E-state index in [-0.39, 0.29) is 0 Å². The number of ether oxygens (including phenoxy) is 1. The van der Waals surface area contributed by atoms with Crippen LogP contribution in [0.15, 0.2) is 36.4 Å². The molecule has 1 N–H and O–H groups in total. The number of benzene rings is 1. The standard InChI is InChI=1S/C15H15N3OS/c1-10-8-12(18-17-10)14-13(9-19-2)16-15(20-14)11-6-4-3-5-7-11/h3-8H,9H2,1-2H3,(H,17,18). The Bertz CT molecular complexity index is 703. The van der Waals surface area contributed by atoms with Crippen LogP contribution >= 0.6 is 11.3 Å². The van der Waals surface area contributed by atoms with Gasteiger partial charge in [-0.05, 0) is 13.0 Å². The average Bonchev–Trinajstić information content (AvgIpc) is 3.07. The summed E-state index contributed by atoms with van der Waals surface area (Å²) < 4.78 is 5.25. The summed E-state index contributed by atoms with van der Waals surface area (Å²) in [5, 5.41) is 8.29. The second-order valence-corrected chi connectivity index (χ2v) is 5.53.